The van der Waals surface area contributed by atoms with Crippen molar-refractivity contribution in [1.29, 1.82) is 0 Å². The Labute approximate surface area is 396 Å². The molecule has 3 aliphatic carbocycles. The lowest BCUT2D eigenvalue weighted by molar-refractivity contribution is -0.347. The molecule has 15 nitrogen and oxygen atoms in total. The molecule has 1 saturated heterocycles. The molecular formula is C51H71NO14Si. The third-order valence-corrected chi connectivity index (χ3v) is 19.7. The van der Waals surface area contributed by atoms with Crippen molar-refractivity contribution in [2.24, 2.45) is 16.7 Å². The zero-order valence-corrected chi connectivity index (χ0v) is 42.8. The van der Waals surface area contributed by atoms with Gasteiger partial charge in [0.15, 0.2) is 25.8 Å². The van der Waals surface area contributed by atoms with Crippen molar-refractivity contribution in [3.8, 4) is 0 Å². The van der Waals surface area contributed by atoms with Crippen LogP contribution < -0.4 is 5.32 Å². The summed E-state index contributed by atoms with van der Waals surface area (Å²) in [6.45, 7) is 23.2. The van der Waals surface area contributed by atoms with E-state index in [1.807, 2.05) is 39.9 Å². The SMILES string of the molecule is CO[C@H]1C(=O)[C@@]2(C)C([C@H](OC(=O)c3ccccc3)[C@]3(O)C[C@H](OC(=O)[C@H](O[Si](C)(C)C(C)(C)C)[C@@H](NC(=O)OC(C)(C)C)c4ccccc4)C(C)=C1C3(C)C)[C@]1(OC(C)=O)CO[C@@H]1C[C@@H]2OC. The molecule has 2 aromatic carbocycles. The van der Waals surface area contributed by atoms with Gasteiger partial charge in [0.2, 0.25) is 0 Å². The van der Waals surface area contributed by atoms with Crippen LogP contribution in [0.25, 0.3) is 0 Å². The van der Waals surface area contributed by atoms with Crippen LogP contribution in [0.5, 0.6) is 0 Å². The molecule has 4 aliphatic rings. The highest BCUT2D eigenvalue weighted by Gasteiger charge is 2.78. The van der Waals surface area contributed by atoms with Crippen LogP contribution >= 0.6 is 0 Å². The molecule has 11 atom stereocenters. The summed E-state index contributed by atoms with van der Waals surface area (Å²) in [5, 5.41) is 16.5. The monoisotopic (exact) mass is 949 g/mol. The number of rotatable bonds is 12. The second-order valence-corrected chi connectivity index (χ2v) is 26.6. The van der Waals surface area contributed by atoms with Gasteiger partial charge in [-0.05, 0) is 81.6 Å². The highest BCUT2D eigenvalue weighted by atomic mass is 28.4. The fraction of sp³-hybridized carbons (Fsp3) is 0.627. The maximum Gasteiger partial charge on any atom is 0.408 e. The number of hydrogen-bond donors (Lipinski definition) is 2. The Hall–Kier alpha value is -4.45. The van der Waals surface area contributed by atoms with Crippen LogP contribution in [0.3, 0.4) is 0 Å². The molecule has 1 amide bonds. The van der Waals surface area contributed by atoms with Gasteiger partial charge in [0, 0.05) is 39.4 Å². The molecule has 1 unspecified atom stereocenters. The van der Waals surface area contributed by atoms with Gasteiger partial charge in [-0.1, -0.05) is 83.1 Å². The number of carbonyl (C=O) groups is 5. The van der Waals surface area contributed by atoms with Gasteiger partial charge in [-0.15, -0.1) is 0 Å². The number of ketones is 1. The van der Waals surface area contributed by atoms with Gasteiger partial charge in [0.25, 0.3) is 0 Å². The molecule has 1 heterocycles. The van der Waals surface area contributed by atoms with E-state index >= 15 is 9.59 Å². The number of methoxy groups -OCH3 is 2. The molecule has 0 radical (unpaired) electrons. The van der Waals surface area contributed by atoms with Crippen LogP contribution in [0.1, 0.15) is 111 Å². The molecule has 2 N–H and O–H groups in total. The van der Waals surface area contributed by atoms with Gasteiger partial charge >= 0.3 is 24.0 Å². The van der Waals surface area contributed by atoms with E-state index in [1.54, 1.807) is 103 Å². The number of ether oxygens (including phenoxy) is 7. The molecule has 1 aliphatic heterocycles. The number of aliphatic hydroxyl groups is 1. The average molecular weight is 950 g/mol. The van der Waals surface area contributed by atoms with Crippen molar-refractivity contribution >= 4 is 38.1 Å². The summed E-state index contributed by atoms with van der Waals surface area (Å²) in [4.78, 5) is 72.6. The lowest BCUT2D eigenvalue weighted by atomic mass is 9.44. The number of esters is 3. The molecular weight excluding hydrogens is 879 g/mol. The van der Waals surface area contributed by atoms with Crippen LogP contribution in [-0.2, 0) is 52.0 Å². The number of fused-ring (bicyclic) bond motifs is 5. The fourth-order valence-electron chi connectivity index (χ4n) is 10.7. The summed E-state index contributed by atoms with van der Waals surface area (Å²) in [5.74, 6) is -4.13. The maximum atomic E-state index is 15.8. The number of benzene rings is 2. The normalized spacial score (nSPS) is 31.3. The van der Waals surface area contributed by atoms with E-state index in [1.165, 1.54) is 21.1 Å². The van der Waals surface area contributed by atoms with E-state index in [2.05, 4.69) is 5.32 Å². The minimum atomic E-state index is -2.88. The fourth-order valence-corrected chi connectivity index (χ4v) is 11.9. The summed E-state index contributed by atoms with van der Waals surface area (Å²) in [6, 6.07) is 16.0. The van der Waals surface area contributed by atoms with Crippen molar-refractivity contribution in [2.75, 3.05) is 20.8 Å². The first-order valence-electron chi connectivity index (χ1n) is 23.0. The molecule has 0 spiro atoms. The Morgan fingerprint density at radius 1 is 0.896 bits per heavy atom. The number of nitrogens with one attached hydrogen (secondary N) is 1. The van der Waals surface area contributed by atoms with Crippen LogP contribution in [-0.4, -0.2) is 117 Å². The zero-order chi connectivity index (χ0) is 49.9. The van der Waals surface area contributed by atoms with Gasteiger partial charge in [0.05, 0.1) is 35.6 Å². The number of alkyl carbamates (subject to hydrolysis) is 1. The Morgan fingerprint density at radius 2 is 1.49 bits per heavy atom. The lowest BCUT2D eigenvalue weighted by Crippen LogP contribution is -2.82. The largest absolute Gasteiger partial charge is 0.456 e. The summed E-state index contributed by atoms with van der Waals surface area (Å²) in [7, 11) is -0.0287. The number of Topliss-reactive ketones (excluding diaryl/α,β-unsaturated/α-hetero) is 1. The summed E-state index contributed by atoms with van der Waals surface area (Å²) in [6.07, 6.45) is -8.49. The first kappa shape index (κ1) is 51.9. The van der Waals surface area contributed by atoms with Gasteiger partial charge in [-0.3, -0.25) is 9.59 Å². The van der Waals surface area contributed by atoms with Gasteiger partial charge in [-0.25, -0.2) is 14.4 Å². The smallest absolute Gasteiger partial charge is 0.408 e. The molecule has 2 bridgehead atoms. The number of carbonyl (C=O) groups excluding carboxylic acids is 5. The topological polar surface area (TPSA) is 191 Å². The van der Waals surface area contributed by atoms with Crippen molar-refractivity contribution in [3.05, 3.63) is 82.9 Å². The molecule has 0 aromatic heterocycles. The van der Waals surface area contributed by atoms with Crippen LogP contribution in [0.15, 0.2) is 71.8 Å². The second kappa shape index (κ2) is 18.5. The number of hydrogen-bond acceptors (Lipinski definition) is 14. The number of amides is 1. The Kier molecular flexibility index (Phi) is 14.3. The quantitative estimate of drug-likeness (QED) is 0.0915. The molecule has 6 rings (SSSR count). The Bertz CT molecular complexity index is 2230. The van der Waals surface area contributed by atoms with Gasteiger partial charge in [-0.2, -0.15) is 0 Å². The average Bonchev–Trinajstić information content (AvgIpc) is 3.23. The summed E-state index contributed by atoms with van der Waals surface area (Å²) in [5.41, 5.74) is -6.35. The lowest BCUT2D eigenvalue weighted by Gasteiger charge is -2.67. The molecule has 16 heteroatoms. The minimum absolute atomic E-state index is 0.133. The predicted molar refractivity (Wildman–Crippen MR) is 249 cm³/mol. The standard InChI is InChI=1S/C51H71NO14Si/c1-29-33(62-44(56)39(66-67(14,15)47(6,7)8)37(31-22-18-16-19-23-31)52-45(57)65-46(3,4)5)27-51(58)42(63-43(55)32-24-20-17-21-25-32)40-49(11,41(54)38(60-13)36(29)48(51,9)10)34(59-12)26-35-50(40,28-61-35)64-30(2)53/h16-25,33-35,37-40,42,58H,26-28H2,1-15H3,(H,52,57)/t33-,34-,35+,37-,38+,39+,40?,42-,49+,50-,51+/m0/s1. The van der Waals surface area contributed by atoms with E-state index in [4.69, 9.17) is 37.6 Å². The van der Waals surface area contributed by atoms with Crippen LogP contribution in [0.2, 0.25) is 18.1 Å². The zero-order valence-electron chi connectivity index (χ0n) is 41.8. The molecule has 2 aromatic rings. The Morgan fingerprint density at radius 3 is 2.00 bits per heavy atom. The van der Waals surface area contributed by atoms with Gasteiger partial charge < -0.3 is 48.0 Å². The van der Waals surface area contributed by atoms with E-state index < -0.39 is 119 Å². The second-order valence-electron chi connectivity index (χ2n) is 21.8. The minimum Gasteiger partial charge on any atom is -0.456 e. The van der Waals surface area contributed by atoms with Gasteiger partial charge in [0.1, 0.15) is 35.6 Å². The van der Waals surface area contributed by atoms with Crippen molar-refractivity contribution in [1.82, 2.24) is 5.32 Å². The van der Waals surface area contributed by atoms with Crippen molar-refractivity contribution in [2.45, 2.75) is 167 Å². The third-order valence-electron chi connectivity index (χ3n) is 15.2. The first-order valence-corrected chi connectivity index (χ1v) is 25.9. The van der Waals surface area contributed by atoms with E-state index in [9.17, 15) is 19.5 Å². The Balaban J connectivity index is 1.58. The van der Waals surface area contributed by atoms with Crippen LogP contribution in [0, 0.1) is 16.7 Å². The highest BCUT2D eigenvalue weighted by molar-refractivity contribution is 6.74. The third kappa shape index (κ3) is 9.26. The summed E-state index contributed by atoms with van der Waals surface area (Å²) >= 11 is 0. The molecule has 368 valence electrons. The molecule has 3 fully saturated rings. The highest BCUT2D eigenvalue weighted by Crippen LogP contribution is 2.65. The van der Waals surface area contributed by atoms with E-state index in [-0.39, 0.29) is 25.0 Å². The molecule has 2 saturated carbocycles. The summed E-state index contributed by atoms with van der Waals surface area (Å²) < 4.78 is 50.6. The van der Waals surface area contributed by atoms with E-state index in [0.29, 0.717) is 16.7 Å². The van der Waals surface area contributed by atoms with E-state index in [0.717, 1.165) is 0 Å². The predicted octanol–water partition coefficient (Wildman–Crippen LogP) is 7.60. The van der Waals surface area contributed by atoms with Crippen molar-refractivity contribution in [3.63, 3.8) is 0 Å². The maximum absolute atomic E-state index is 15.8. The van der Waals surface area contributed by atoms with Crippen LogP contribution in [0.4, 0.5) is 4.79 Å². The van der Waals surface area contributed by atoms with Crippen molar-refractivity contribution < 1.29 is 66.7 Å². The molecule has 67 heavy (non-hydrogen) atoms. The first-order chi connectivity index (χ1) is 31.0.